The summed E-state index contributed by atoms with van der Waals surface area (Å²) >= 11 is 0. The Morgan fingerprint density at radius 3 is 2.48 bits per heavy atom. The molecule has 2 rings (SSSR count). The number of hydrogen-bond donors (Lipinski definition) is 2. The van der Waals surface area contributed by atoms with Gasteiger partial charge in [-0.05, 0) is 18.2 Å². The maximum absolute atomic E-state index is 12.2. The number of rotatable bonds is 5. The third kappa shape index (κ3) is 3.23. The molecule has 0 atom stereocenters. The lowest BCUT2D eigenvalue weighted by Gasteiger charge is -2.08. The number of hydrogen-bond acceptors (Lipinski definition) is 7. The zero-order valence-electron chi connectivity index (χ0n) is 10.8. The second-order valence-electron chi connectivity index (χ2n) is 3.87. The molecule has 1 heterocycles. The minimum Gasteiger partial charge on any atom is -0.388 e. The van der Waals surface area contributed by atoms with Crippen LogP contribution in [0, 0.1) is 10.1 Å². The van der Waals surface area contributed by atoms with E-state index in [1.165, 1.54) is 24.5 Å². The van der Waals surface area contributed by atoms with Gasteiger partial charge in [-0.3, -0.25) is 10.1 Å². The highest BCUT2D eigenvalue weighted by Gasteiger charge is 2.26. The summed E-state index contributed by atoms with van der Waals surface area (Å²) in [5, 5.41) is 13.7. The Morgan fingerprint density at radius 1 is 1.24 bits per heavy atom. The quantitative estimate of drug-likeness (QED) is 0.628. The van der Waals surface area contributed by atoms with Crippen LogP contribution in [0.1, 0.15) is 0 Å². The summed E-state index contributed by atoms with van der Waals surface area (Å²) in [6, 6.07) is 5.23. The van der Waals surface area contributed by atoms with Crippen LogP contribution in [0.2, 0.25) is 0 Å². The van der Waals surface area contributed by atoms with Gasteiger partial charge in [0.25, 0.3) is 15.7 Å². The molecule has 1 aromatic heterocycles. The standard InChI is InChI=1S/C11H11N5O4S/c1-12-8-3-4-10(9(7-8)16(17)18)21(19,20)15-11-13-5-2-6-14-11/h2-7,12H,1H3,(H,13,14,15). The van der Waals surface area contributed by atoms with Gasteiger partial charge in [-0.15, -0.1) is 0 Å². The lowest BCUT2D eigenvalue weighted by molar-refractivity contribution is -0.387. The molecule has 10 heteroatoms. The van der Waals surface area contributed by atoms with Crippen LogP contribution in [-0.4, -0.2) is 30.4 Å². The highest BCUT2D eigenvalue weighted by molar-refractivity contribution is 7.92. The van der Waals surface area contributed by atoms with E-state index in [9.17, 15) is 18.5 Å². The number of nitro benzene ring substituents is 1. The van der Waals surface area contributed by atoms with Crippen molar-refractivity contribution in [2.75, 3.05) is 17.1 Å². The van der Waals surface area contributed by atoms with Gasteiger partial charge in [0.1, 0.15) is 0 Å². The van der Waals surface area contributed by atoms with Crippen molar-refractivity contribution >= 4 is 27.3 Å². The van der Waals surface area contributed by atoms with Crippen LogP contribution in [0.15, 0.2) is 41.6 Å². The van der Waals surface area contributed by atoms with Gasteiger partial charge in [0, 0.05) is 31.2 Å². The molecule has 0 amide bonds. The fourth-order valence-corrected chi connectivity index (χ4v) is 2.68. The van der Waals surface area contributed by atoms with E-state index < -0.39 is 25.5 Å². The lowest BCUT2D eigenvalue weighted by Crippen LogP contribution is -2.16. The van der Waals surface area contributed by atoms with Crippen LogP contribution in [0.25, 0.3) is 0 Å². The monoisotopic (exact) mass is 309 g/mol. The van der Waals surface area contributed by atoms with E-state index in [-0.39, 0.29) is 5.95 Å². The summed E-state index contributed by atoms with van der Waals surface area (Å²) in [5.41, 5.74) is -0.109. The summed E-state index contributed by atoms with van der Waals surface area (Å²) in [5.74, 6) is -0.163. The summed E-state index contributed by atoms with van der Waals surface area (Å²) < 4.78 is 26.5. The second kappa shape index (κ2) is 5.71. The zero-order chi connectivity index (χ0) is 15.5. The number of nitrogens with one attached hydrogen (secondary N) is 2. The molecular formula is C11H11N5O4S. The Morgan fingerprint density at radius 2 is 1.90 bits per heavy atom. The molecule has 0 saturated heterocycles. The van der Waals surface area contributed by atoms with Gasteiger partial charge < -0.3 is 5.32 Å². The molecule has 0 bridgehead atoms. The third-order valence-corrected chi connectivity index (χ3v) is 3.90. The molecule has 2 aromatic rings. The first-order valence-corrected chi connectivity index (χ1v) is 7.18. The Bertz CT molecular complexity index is 763. The van der Waals surface area contributed by atoms with Crippen molar-refractivity contribution in [2.45, 2.75) is 4.90 Å². The van der Waals surface area contributed by atoms with E-state index in [2.05, 4.69) is 20.0 Å². The van der Waals surface area contributed by atoms with E-state index in [0.29, 0.717) is 5.69 Å². The molecule has 0 spiro atoms. The Kier molecular flexibility index (Phi) is 3.98. The molecule has 21 heavy (non-hydrogen) atoms. The highest BCUT2D eigenvalue weighted by Crippen LogP contribution is 2.28. The molecule has 0 radical (unpaired) electrons. The van der Waals surface area contributed by atoms with Gasteiger partial charge in [-0.2, -0.15) is 0 Å². The summed E-state index contributed by atoms with van der Waals surface area (Å²) in [4.78, 5) is 17.2. The molecule has 0 unspecified atom stereocenters. The first-order chi connectivity index (χ1) is 9.94. The number of anilines is 2. The molecular weight excluding hydrogens is 298 g/mol. The van der Waals surface area contributed by atoms with Gasteiger partial charge in [-0.1, -0.05) is 0 Å². The summed E-state index contributed by atoms with van der Waals surface area (Å²) in [6.07, 6.45) is 2.70. The van der Waals surface area contributed by atoms with Gasteiger partial charge >= 0.3 is 0 Å². The first kappa shape index (κ1) is 14.7. The summed E-state index contributed by atoms with van der Waals surface area (Å²) in [6.45, 7) is 0. The van der Waals surface area contributed by atoms with E-state index >= 15 is 0 Å². The van der Waals surface area contributed by atoms with Crippen LogP contribution in [0.3, 0.4) is 0 Å². The molecule has 110 valence electrons. The van der Waals surface area contributed by atoms with Crippen molar-refractivity contribution < 1.29 is 13.3 Å². The van der Waals surface area contributed by atoms with Crippen molar-refractivity contribution in [1.29, 1.82) is 0 Å². The topological polar surface area (TPSA) is 127 Å². The Labute approximate surface area is 120 Å². The average molecular weight is 309 g/mol. The lowest BCUT2D eigenvalue weighted by atomic mass is 10.3. The SMILES string of the molecule is CNc1ccc(S(=O)(=O)Nc2ncccn2)c([N+](=O)[O-])c1. The number of sulfonamides is 1. The van der Waals surface area contributed by atoms with Crippen molar-refractivity contribution in [3.63, 3.8) is 0 Å². The highest BCUT2D eigenvalue weighted by atomic mass is 32.2. The van der Waals surface area contributed by atoms with Crippen molar-refractivity contribution in [3.05, 3.63) is 46.8 Å². The van der Waals surface area contributed by atoms with E-state index in [1.807, 2.05) is 0 Å². The van der Waals surface area contributed by atoms with Crippen molar-refractivity contribution in [2.24, 2.45) is 0 Å². The molecule has 2 N–H and O–H groups in total. The van der Waals surface area contributed by atoms with Crippen LogP contribution in [-0.2, 0) is 10.0 Å². The maximum atomic E-state index is 12.2. The smallest absolute Gasteiger partial charge is 0.291 e. The molecule has 0 saturated carbocycles. The maximum Gasteiger partial charge on any atom is 0.291 e. The Hall–Kier alpha value is -2.75. The van der Waals surface area contributed by atoms with Gasteiger partial charge in [0.15, 0.2) is 4.90 Å². The van der Waals surface area contributed by atoms with Crippen LogP contribution < -0.4 is 10.0 Å². The van der Waals surface area contributed by atoms with E-state index in [4.69, 9.17) is 0 Å². The first-order valence-electron chi connectivity index (χ1n) is 5.70. The fraction of sp³-hybridized carbons (Fsp3) is 0.0909. The van der Waals surface area contributed by atoms with Crippen molar-refractivity contribution in [1.82, 2.24) is 9.97 Å². The normalized spacial score (nSPS) is 10.9. The van der Waals surface area contributed by atoms with Gasteiger partial charge in [-0.25, -0.2) is 23.1 Å². The second-order valence-corrected chi connectivity index (χ2v) is 5.52. The Balaban J connectivity index is 2.47. The molecule has 0 aliphatic rings. The number of nitrogens with zero attached hydrogens (tertiary/aromatic N) is 3. The predicted octanol–water partition coefficient (Wildman–Crippen LogP) is 1.23. The van der Waals surface area contributed by atoms with E-state index in [1.54, 1.807) is 7.05 Å². The molecule has 9 nitrogen and oxygen atoms in total. The molecule has 0 fully saturated rings. The molecule has 0 aliphatic heterocycles. The number of nitro groups is 1. The van der Waals surface area contributed by atoms with Crippen LogP contribution in [0.4, 0.5) is 17.3 Å². The number of aromatic nitrogens is 2. The largest absolute Gasteiger partial charge is 0.388 e. The minimum atomic E-state index is -4.16. The molecule has 1 aromatic carbocycles. The van der Waals surface area contributed by atoms with E-state index in [0.717, 1.165) is 12.1 Å². The van der Waals surface area contributed by atoms with Crippen LogP contribution >= 0.6 is 0 Å². The minimum absolute atomic E-state index is 0.163. The zero-order valence-corrected chi connectivity index (χ0v) is 11.7. The number of benzene rings is 1. The average Bonchev–Trinajstić information content (AvgIpc) is 2.47. The summed E-state index contributed by atoms with van der Waals surface area (Å²) in [7, 11) is -2.59. The van der Waals surface area contributed by atoms with Gasteiger partial charge in [0.05, 0.1) is 4.92 Å². The van der Waals surface area contributed by atoms with Crippen molar-refractivity contribution in [3.8, 4) is 0 Å². The van der Waals surface area contributed by atoms with Gasteiger partial charge in [0.2, 0.25) is 5.95 Å². The molecule has 0 aliphatic carbocycles. The predicted molar refractivity (Wildman–Crippen MR) is 75.5 cm³/mol. The fourth-order valence-electron chi connectivity index (χ4n) is 1.57. The third-order valence-electron chi connectivity index (χ3n) is 2.53. The van der Waals surface area contributed by atoms with Crippen LogP contribution in [0.5, 0.6) is 0 Å².